The van der Waals surface area contributed by atoms with E-state index in [1.54, 1.807) is 11.3 Å². The Labute approximate surface area is 112 Å². The van der Waals surface area contributed by atoms with Crippen molar-refractivity contribution in [3.05, 3.63) is 21.4 Å². The van der Waals surface area contributed by atoms with Gasteiger partial charge in [0.1, 0.15) is 0 Å². The van der Waals surface area contributed by atoms with Crippen LogP contribution in [-0.2, 0) is 12.8 Å². The second-order valence-corrected chi connectivity index (χ2v) is 6.40. The van der Waals surface area contributed by atoms with Gasteiger partial charge in [-0.1, -0.05) is 0 Å². The highest BCUT2D eigenvalue weighted by atomic mass is 32.1. The van der Waals surface area contributed by atoms with Gasteiger partial charge in [-0.2, -0.15) is 0 Å². The van der Waals surface area contributed by atoms with E-state index in [1.807, 2.05) is 0 Å². The zero-order chi connectivity index (χ0) is 12.4. The average Bonchev–Trinajstić information content (AvgIpc) is 2.85. The number of carbonyl (C=O) groups excluding carboxylic acids is 1. The normalized spacial score (nSPS) is 23.4. The molecule has 2 heterocycles. The molecule has 0 spiro atoms. The molecule has 4 heteroatoms. The van der Waals surface area contributed by atoms with Gasteiger partial charge in [0.15, 0.2) is 0 Å². The SMILES string of the molecule is O=C(NC1CCCNCC1)c1cc2c(s1)CCC2. The number of fused-ring (bicyclic) bond motifs is 1. The summed E-state index contributed by atoms with van der Waals surface area (Å²) in [7, 11) is 0. The maximum Gasteiger partial charge on any atom is 0.261 e. The van der Waals surface area contributed by atoms with Crippen molar-refractivity contribution in [2.45, 2.75) is 44.6 Å². The van der Waals surface area contributed by atoms with E-state index in [9.17, 15) is 4.79 Å². The summed E-state index contributed by atoms with van der Waals surface area (Å²) in [5.74, 6) is 0.140. The van der Waals surface area contributed by atoms with Crippen molar-refractivity contribution < 1.29 is 4.79 Å². The molecule has 0 radical (unpaired) electrons. The monoisotopic (exact) mass is 264 g/mol. The van der Waals surface area contributed by atoms with Gasteiger partial charge in [0.2, 0.25) is 0 Å². The molecule has 0 saturated carbocycles. The highest BCUT2D eigenvalue weighted by Gasteiger charge is 2.20. The van der Waals surface area contributed by atoms with Crippen LogP contribution in [0.1, 0.15) is 45.8 Å². The number of hydrogen-bond donors (Lipinski definition) is 2. The van der Waals surface area contributed by atoms with E-state index in [4.69, 9.17) is 0 Å². The van der Waals surface area contributed by atoms with Crippen LogP contribution in [0.4, 0.5) is 0 Å². The fraction of sp³-hybridized carbons (Fsp3) is 0.643. The van der Waals surface area contributed by atoms with Gasteiger partial charge >= 0.3 is 0 Å². The van der Waals surface area contributed by atoms with Gasteiger partial charge in [0.05, 0.1) is 4.88 Å². The molecule has 1 aliphatic carbocycles. The minimum Gasteiger partial charge on any atom is -0.349 e. The number of hydrogen-bond acceptors (Lipinski definition) is 3. The Balaban J connectivity index is 1.63. The molecule has 0 aromatic carbocycles. The third-order valence-electron chi connectivity index (χ3n) is 3.88. The smallest absolute Gasteiger partial charge is 0.261 e. The van der Waals surface area contributed by atoms with Crippen molar-refractivity contribution in [1.29, 1.82) is 0 Å². The molecule has 1 aromatic rings. The molecule has 0 bridgehead atoms. The Kier molecular flexibility index (Phi) is 3.66. The van der Waals surface area contributed by atoms with Crippen LogP contribution in [0.25, 0.3) is 0 Å². The Bertz CT molecular complexity index is 412. The molecule has 1 fully saturated rings. The quantitative estimate of drug-likeness (QED) is 0.859. The van der Waals surface area contributed by atoms with E-state index in [0.717, 1.165) is 43.6 Å². The first-order valence-corrected chi connectivity index (χ1v) is 7.78. The summed E-state index contributed by atoms with van der Waals surface area (Å²) in [4.78, 5) is 14.6. The number of carbonyl (C=O) groups is 1. The number of aryl methyl sites for hydroxylation is 2. The summed E-state index contributed by atoms with van der Waals surface area (Å²) in [6, 6.07) is 2.46. The fourth-order valence-electron chi connectivity index (χ4n) is 2.86. The summed E-state index contributed by atoms with van der Waals surface area (Å²) in [5, 5.41) is 6.57. The van der Waals surface area contributed by atoms with Crippen molar-refractivity contribution in [3.8, 4) is 0 Å². The molecule has 18 heavy (non-hydrogen) atoms. The molecule has 3 nitrogen and oxygen atoms in total. The van der Waals surface area contributed by atoms with E-state index in [1.165, 1.54) is 23.3 Å². The number of thiophene rings is 1. The second-order valence-electron chi connectivity index (χ2n) is 5.26. The maximum atomic E-state index is 12.2. The number of rotatable bonds is 2. The van der Waals surface area contributed by atoms with Crippen LogP contribution in [-0.4, -0.2) is 25.0 Å². The van der Waals surface area contributed by atoms with Crippen molar-refractivity contribution in [1.82, 2.24) is 10.6 Å². The molecule has 2 aliphatic rings. The topological polar surface area (TPSA) is 41.1 Å². The molecule has 1 saturated heterocycles. The first-order chi connectivity index (χ1) is 8.83. The fourth-order valence-corrected chi connectivity index (χ4v) is 4.02. The molecule has 98 valence electrons. The lowest BCUT2D eigenvalue weighted by molar-refractivity contribution is 0.0938. The molecule has 1 aliphatic heterocycles. The van der Waals surface area contributed by atoms with Gasteiger partial charge < -0.3 is 10.6 Å². The van der Waals surface area contributed by atoms with Crippen LogP contribution < -0.4 is 10.6 Å². The minimum absolute atomic E-state index is 0.140. The lowest BCUT2D eigenvalue weighted by Crippen LogP contribution is -2.34. The zero-order valence-electron chi connectivity index (χ0n) is 10.6. The molecule has 3 rings (SSSR count). The maximum absolute atomic E-state index is 12.2. The first kappa shape index (κ1) is 12.2. The largest absolute Gasteiger partial charge is 0.349 e. The Hall–Kier alpha value is -0.870. The molecule has 2 N–H and O–H groups in total. The highest BCUT2D eigenvalue weighted by molar-refractivity contribution is 7.14. The summed E-state index contributed by atoms with van der Waals surface area (Å²) in [6.07, 6.45) is 6.90. The van der Waals surface area contributed by atoms with E-state index in [0.29, 0.717) is 6.04 Å². The van der Waals surface area contributed by atoms with Crippen molar-refractivity contribution >= 4 is 17.2 Å². The third-order valence-corrected chi connectivity index (χ3v) is 5.12. The van der Waals surface area contributed by atoms with Gasteiger partial charge in [-0.3, -0.25) is 4.79 Å². The number of amides is 1. The standard InChI is InChI=1S/C14H20N2OS/c17-14(16-11-4-2-7-15-8-6-11)13-9-10-3-1-5-12(10)18-13/h9,11,15H,1-8H2,(H,16,17). The summed E-state index contributed by atoms with van der Waals surface area (Å²) >= 11 is 1.70. The first-order valence-electron chi connectivity index (χ1n) is 6.96. The molecule has 1 aromatic heterocycles. The van der Waals surface area contributed by atoms with Crippen LogP contribution in [0.3, 0.4) is 0 Å². The zero-order valence-corrected chi connectivity index (χ0v) is 11.4. The lowest BCUT2D eigenvalue weighted by atomic mass is 10.1. The summed E-state index contributed by atoms with van der Waals surface area (Å²) in [6.45, 7) is 2.10. The van der Waals surface area contributed by atoms with E-state index in [-0.39, 0.29) is 5.91 Å². The summed E-state index contributed by atoms with van der Waals surface area (Å²) in [5.41, 5.74) is 1.41. The Morgan fingerprint density at radius 3 is 3.11 bits per heavy atom. The lowest BCUT2D eigenvalue weighted by Gasteiger charge is -2.15. The van der Waals surface area contributed by atoms with Crippen LogP contribution >= 0.6 is 11.3 Å². The van der Waals surface area contributed by atoms with Crippen molar-refractivity contribution in [3.63, 3.8) is 0 Å². The van der Waals surface area contributed by atoms with Gasteiger partial charge in [-0.15, -0.1) is 11.3 Å². The van der Waals surface area contributed by atoms with E-state index >= 15 is 0 Å². The van der Waals surface area contributed by atoms with Crippen molar-refractivity contribution in [2.75, 3.05) is 13.1 Å². The predicted molar refractivity (Wildman–Crippen MR) is 74.3 cm³/mol. The Morgan fingerprint density at radius 2 is 2.22 bits per heavy atom. The molecule has 1 unspecified atom stereocenters. The number of nitrogens with one attached hydrogen (secondary N) is 2. The molecular weight excluding hydrogens is 244 g/mol. The summed E-state index contributed by atoms with van der Waals surface area (Å²) < 4.78 is 0. The average molecular weight is 264 g/mol. The van der Waals surface area contributed by atoms with Gasteiger partial charge in [-0.05, 0) is 63.2 Å². The second kappa shape index (κ2) is 5.41. The van der Waals surface area contributed by atoms with Crippen molar-refractivity contribution in [2.24, 2.45) is 0 Å². The van der Waals surface area contributed by atoms with Crippen LogP contribution in [0, 0.1) is 0 Å². The molecule has 1 atom stereocenters. The minimum atomic E-state index is 0.140. The van der Waals surface area contributed by atoms with E-state index < -0.39 is 0 Å². The molecular formula is C14H20N2OS. The van der Waals surface area contributed by atoms with Gasteiger partial charge in [-0.25, -0.2) is 0 Å². The molecule has 1 amide bonds. The van der Waals surface area contributed by atoms with Crippen LogP contribution in [0.2, 0.25) is 0 Å². The van der Waals surface area contributed by atoms with Crippen LogP contribution in [0.15, 0.2) is 6.07 Å². The van der Waals surface area contributed by atoms with Gasteiger partial charge in [0.25, 0.3) is 5.91 Å². The third kappa shape index (κ3) is 2.59. The van der Waals surface area contributed by atoms with E-state index in [2.05, 4.69) is 16.7 Å². The Morgan fingerprint density at radius 1 is 1.28 bits per heavy atom. The highest BCUT2D eigenvalue weighted by Crippen LogP contribution is 2.30. The van der Waals surface area contributed by atoms with Gasteiger partial charge in [0, 0.05) is 10.9 Å². The van der Waals surface area contributed by atoms with Crippen LogP contribution in [0.5, 0.6) is 0 Å². The predicted octanol–water partition coefficient (Wildman–Crippen LogP) is 2.11.